The maximum atomic E-state index is 13.0. The van der Waals surface area contributed by atoms with Crippen LogP contribution in [0.4, 0.5) is 5.69 Å². The summed E-state index contributed by atoms with van der Waals surface area (Å²) in [5.41, 5.74) is 1.99. The minimum Gasteiger partial charge on any atom is -0.333 e. The third-order valence-corrected chi connectivity index (χ3v) is 5.55. The van der Waals surface area contributed by atoms with E-state index in [0.29, 0.717) is 5.56 Å². The summed E-state index contributed by atoms with van der Waals surface area (Å²) < 4.78 is 0. The van der Waals surface area contributed by atoms with E-state index < -0.39 is 5.41 Å². The van der Waals surface area contributed by atoms with E-state index in [2.05, 4.69) is 13.8 Å². The summed E-state index contributed by atoms with van der Waals surface area (Å²) in [7, 11) is 1.80. The zero-order chi connectivity index (χ0) is 16.9. The lowest BCUT2D eigenvalue weighted by atomic mass is 9.85. The van der Waals surface area contributed by atoms with Crippen LogP contribution in [-0.4, -0.2) is 35.8 Å². The van der Waals surface area contributed by atoms with Crippen molar-refractivity contribution in [1.82, 2.24) is 4.90 Å². The third-order valence-electron chi connectivity index (χ3n) is 5.55. The summed E-state index contributed by atoms with van der Waals surface area (Å²) >= 11 is 0. The molecule has 0 radical (unpaired) electrons. The number of amides is 2. The van der Waals surface area contributed by atoms with Gasteiger partial charge >= 0.3 is 0 Å². The lowest BCUT2D eigenvalue weighted by Crippen LogP contribution is -2.47. The van der Waals surface area contributed by atoms with Crippen molar-refractivity contribution in [2.75, 3.05) is 11.9 Å². The number of benzene rings is 1. The molecule has 2 aliphatic rings. The highest BCUT2D eigenvalue weighted by atomic mass is 16.2. The first-order valence-electron chi connectivity index (χ1n) is 8.50. The molecule has 4 heteroatoms. The van der Waals surface area contributed by atoms with Crippen LogP contribution in [-0.2, 0) is 10.2 Å². The van der Waals surface area contributed by atoms with Gasteiger partial charge in [0.15, 0.2) is 0 Å². The molecule has 0 spiro atoms. The van der Waals surface area contributed by atoms with E-state index in [4.69, 9.17) is 0 Å². The van der Waals surface area contributed by atoms with Gasteiger partial charge in [-0.05, 0) is 70.7 Å². The molecule has 0 bridgehead atoms. The highest BCUT2D eigenvalue weighted by Gasteiger charge is 2.42. The molecule has 23 heavy (non-hydrogen) atoms. The Hall–Kier alpha value is -1.84. The molecule has 4 nitrogen and oxygen atoms in total. The Kier molecular flexibility index (Phi) is 3.74. The van der Waals surface area contributed by atoms with E-state index in [1.54, 1.807) is 11.9 Å². The van der Waals surface area contributed by atoms with Crippen LogP contribution in [0, 0.1) is 0 Å². The van der Waals surface area contributed by atoms with Gasteiger partial charge in [0.05, 0.1) is 5.41 Å². The molecule has 1 fully saturated rings. The Morgan fingerprint density at radius 3 is 2.39 bits per heavy atom. The Morgan fingerprint density at radius 1 is 1.17 bits per heavy atom. The molecule has 0 N–H and O–H groups in total. The number of anilines is 1. The number of likely N-dealkylation sites (N-methyl/N-ethyl adjacent to an activating group) is 1. The molecule has 0 saturated carbocycles. The van der Waals surface area contributed by atoms with E-state index in [-0.39, 0.29) is 23.9 Å². The Bertz CT molecular complexity index is 655. The van der Waals surface area contributed by atoms with Crippen molar-refractivity contribution in [3.05, 3.63) is 29.3 Å². The standard InChI is InChI=1S/C19H26N2O2/c1-12-7-6-8-13(2)21(12)17(22)14-9-10-16-15(11-14)19(3,4)18(23)20(16)5/h9-13H,6-8H2,1-5H3. The van der Waals surface area contributed by atoms with E-state index in [1.807, 2.05) is 36.9 Å². The molecule has 1 aromatic rings. The minimum absolute atomic E-state index is 0.0804. The number of carbonyl (C=O) groups excluding carboxylic acids is 2. The largest absolute Gasteiger partial charge is 0.333 e. The first-order chi connectivity index (χ1) is 10.7. The summed E-state index contributed by atoms with van der Waals surface area (Å²) in [6.07, 6.45) is 3.31. The highest BCUT2D eigenvalue weighted by molar-refractivity contribution is 6.08. The van der Waals surface area contributed by atoms with Gasteiger partial charge < -0.3 is 9.80 Å². The van der Waals surface area contributed by atoms with Gasteiger partial charge in [-0.1, -0.05) is 0 Å². The quantitative estimate of drug-likeness (QED) is 0.797. The number of piperidine rings is 1. The van der Waals surface area contributed by atoms with Crippen LogP contribution in [0.25, 0.3) is 0 Å². The molecule has 0 aliphatic carbocycles. The third kappa shape index (κ3) is 2.35. The fourth-order valence-electron chi connectivity index (χ4n) is 4.08. The summed E-state index contributed by atoms with van der Waals surface area (Å²) in [6.45, 7) is 8.11. The predicted octanol–water partition coefficient (Wildman–Crippen LogP) is 3.34. The highest BCUT2D eigenvalue weighted by Crippen LogP contribution is 2.41. The van der Waals surface area contributed by atoms with Crippen molar-refractivity contribution in [3.63, 3.8) is 0 Å². The van der Waals surface area contributed by atoms with Gasteiger partial charge in [0.2, 0.25) is 5.91 Å². The van der Waals surface area contributed by atoms with Crippen LogP contribution in [0.1, 0.15) is 62.9 Å². The SMILES string of the molecule is CC1CCCC(C)N1C(=O)c1ccc2c(c1)C(C)(C)C(=O)N2C. The average molecular weight is 314 g/mol. The number of nitrogens with zero attached hydrogens (tertiary/aromatic N) is 2. The second-order valence-electron chi connectivity index (χ2n) is 7.56. The lowest BCUT2D eigenvalue weighted by molar-refractivity contribution is -0.121. The number of hydrogen-bond acceptors (Lipinski definition) is 2. The zero-order valence-corrected chi connectivity index (χ0v) is 14.7. The second kappa shape index (κ2) is 5.36. The van der Waals surface area contributed by atoms with Gasteiger partial charge in [-0.2, -0.15) is 0 Å². The summed E-state index contributed by atoms with van der Waals surface area (Å²) in [5, 5.41) is 0. The Morgan fingerprint density at radius 2 is 1.78 bits per heavy atom. The molecule has 2 atom stereocenters. The van der Waals surface area contributed by atoms with Crippen LogP contribution in [0.2, 0.25) is 0 Å². The summed E-state index contributed by atoms with van der Waals surface area (Å²) in [6, 6.07) is 6.25. The smallest absolute Gasteiger partial charge is 0.254 e. The van der Waals surface area contributed by atoms with Gasteiger partial charge in [0.1, 0.15) is 0 Å². The number of hydrogen-bond donors (Lipinski definition) is 0. The van der Waals surface area contributed by atoms with Crippen molar-refractivity contribution in [2.24, 2.45) is 0 Å². The maximum absolute atomic E-state index is 13.0. The van der Waals surface area contributed by atoms with Gasteiger partial charge in [0.25, 0.3) is 5.91 Å². The van der Waals surface area contributed by atoms with Crippen molar-refractivity contribution < 1.29 is 9.59 Å². The van der Waals surface area contributed by atoms with E-state index in [0.717, 1.165) is 24.1 Å². The van der Waals surface area contributed by atoms with Crippen LogP contribution < -0.4 is 4.90 Å². The molecule has 3 rings (SSSR count). The summed E-state index contributed by atoms with van der Waals surface area (Å²) in [4.78, 5) is 29.1. The van der Waals surface area contributed by atoms with Gasteiger partial charge in [-0.15, -0.1) is 0 Å². The molecule has 124 valence electrons. The van der Waals surface area contributed by atoms with Crippen LogP contribution >= 0.6 is 0 Å². The predicted molar refractivity (Wildman–Crippen MR) is 91.8 cm³/mol. The second-order valence-corrected chi connectivity index (χ2v) is 7.56. The van der Waals surface area contributed by atoms with Gasteiger partial charge in [-0.25, -0.2) is 0 Å². The fourth-order valence-corrected chi connectivity index (χ4v) is 4.08. The van der Waals surface area contributed by atoms with Crippen molar-refractivity contribution in [1.29, 1.82) is 0 Å². The average Bonchev–Trinajstić information content (AvgIpc) is 2.68. The number of fused-ring (bicyclic) bond motifs is 1. The van der Waals surface area contributed by atoms with Crippen molar-refractivity contribution in [3.8, 4) is 0 Å². The van der Waals surface area contributed by atoms with Crippen molar-refractivity contribution >= 4 is 17.5 Å². The minimum atomic E-state index is -0.570. The molecular weight excluding hydrogens is 288 g/mol. The first kappa shape index (κ1) is 16.0. The molecule has 1 saturated heterocycles. The number of likely N-dealkylation sites (tertiary alicyclic amines) is 1. The Labute approximate surface area is 138 Å². The normalized spacial score (nSPS) is 26.4. The van der Waals surface area contributed by atoms with E-state index in [1.165, 1.54) is 6.42 Å². The lowest BCUT2D eigenvalue weighted by Gasteiger charge is -2.39. The number of carbonyl (C=O) groups is 2. The fraction of sp³-hybridized carbons (Fsp3) is 0.579. The monoisotopic (exact) mass is 314 g/mol. The van der Waals surface area contributed by atoms with Gasteiger partial charge in [-0.3, -0.25) is 9.59 Å². The van der Waals surface area contributed by atoms with Crippen LogP contribution in [0.3, 0.4) is 0 Å². The van der Waals surface area contributed by atoms with Gasteiger partial charge in [0, 0.05) is 30.4 Å². The first-order valence-corrected chi connectivity index (χ1v) is 8.50. The molecule has 0 aromatic heterocycles. The molecule has 2 amide bonds. The Balaban J connectivity index is 1.98. The van der Waals surface area contributed by atoms with Crippen molar-refractivity contribution in [2.45, 2.75) is 64.5 Å². The molecule has 2 unspecified atom stereocenters. The van der Waals surface area contributed by atoms with Crippen LogP contribution in [0.5, 0.6) is 0 Å². The maximum Gasteiger partial charge on any atom is 0.254 e. The van der Waals surface area contributed by atoms with E-state index in [9.17, 15) is 9.59 Å². The summed E-state index contributed by atoms with van der Waals surface area (Å²) in [5.74, 6) is 0.169. The number of rotatable bonds is 1. The molecular formula is C19H26N2O2. The van der Waals surface area contributed by atoms with Crippen LogP contribution in [0.15, 0.2) is 18.2 Å². The topological polar surface area (TPSA) is 40.6 Å². The van der Waals surface area contributed by atoms with E-state index >= 15 is 0 Å². The molecule has 2 aliphatic heterocycles. The molecule has 1 aromatic carbocycles. The zero-order valence-electron chi connectivity index (χ0n) is 14.7. The molecule has 2 heterocycles.